The maximum Gasteiger partial charge on any atom is 0.252 e. The van der Waals surface area contributed by atoms with Gasteiger partial charge < -0.3 is 15.7 Å². The topological polar surface area (TPSA) is 61.4 Å². The number of rotatable bonds is 8. The first-order valence-corrected chi connectivity index (χ1v) is 10.8. The van der Waals surface area contributed by atoms with Crippen molar-refractivity contribution in [2.75, 3.05) is 20.1 Å². The van der Waals surface area contributed by atoms with Crippen LogP contribution in [0.15, 0.2) is 18.2 Å². The first-order valence-electron chi connectivity index (χ1n) is 10.4. The molecule has 2 fully saturated rings. The number of aliphatic hydroxyl groups is 1. The van der Waals surface area contributed by atoms with E-state index in [0.717, 1.165) is 24.4 Å². The molecular weight excluding hydrogens is 372 g/mol. The summed E-state index contributed by atoms with van der Waals surface area (Å²) in [5.74, 6) is 0.792. The molecule has 3 rings (SSSR count). The number of hydrogen-bond donors (Lipinski definition) is 3. The SMILES string of the molecule is C.CNC[C@@H](O)CCc1ccc(Cl)c(C(=O)NCC23CCCC(CCC2)C3)c1. The lowest BCUT2D eigenvalue weighted by Crippen LogP contribution is -2.43. The predicted molar refractivity (Wildman–Crippen MR) is 117 cm³/mol. The second-order valence-corrected chi connectivity index (χ2v) is 9.01. The number of hydrogen-bond acceptors (Lipinski definition) is 3. The first-order chi connectivity index (χ1) is 13.0. The van der Waals surface area contributed by atoms with Gasteiger partial charge >= 0.3 is 0 Å². The molecule has 2 aliphatic rings. The van der Waals surface area contributed by atoms with Gasteiger partial charge in [0.1, 0.15) is 0 Å². The van der Waals surface area contributed by atoms with Crippen molar-refractivity contribution in [3.05, 3.63) is 34.3 Å². The average Bonchev–Trinajstić information content (AvgIpc) is 2.66. The summed E-state index contributed by atoms with van der Waals surface area (Å²) in [7, 11) is 1.83. The van der Waals surface area contributed by atoms with E-state index in [1.807, 2.05) is 19.2 Å². The van der Waals surface area contributed by atoms with Crippen LogP contribution in [0.4, 0.5) is 0 Å². The minimum atomic E-state index is -0.382. The van der Waals surface area contributed by atoms with Gasteiger partial charge in [-0.25, -0.2) is 0 Å². The molecule has 28 heavy (non-hydrogen) atoms. The normalized spacial score (nSPS) is 24.9. The average molecular weight is 409 g/mol. The molecule has 3 N–H and O–H groups in total. The fraction of sp³-hybridized carbons (Fsp3) is 0.696. The van der Waals surface area contributed by atoms with E-state index in [1.165, 1.54) is 44.9 Å². The zero-order valence-electron chi connectivity index (χ0n) is 16.4. The number of amides is 1. The Bertz CT molecular complexity index is 639. The minimum absolute atomic E-state index is 0. The number of nitrogens with one attached hydrogen (secondary N) is 2. The van der Waals surface area contributed by atoms with Gasteiger partial charge in [0.2, 0.25) is 0 Å². The number of fused-ring (bicyclic) bond motifs is 2. The highest BCUT2D eigenvalue weighted by atomic mass is 35.5. The molecule has 2 aliphatic carbocycles. The Hall–Kier alpha value is -1.10. The molecule has 0 saturated heterocycles. The lowest BCUT2D eigenvalue weighted by molar-refractivity contribution is 0.0681. The minimum Gasteiger partial charge on any atom is -0.392 e. The van der Waals surface area contributed by atoms with Gasteiger partial charge in [0.05, 0.1) is 16.7 Å². The molecule has 0 aromatic heterocycles. The fourth-order valence-corrected chi connectivity index (χ4v) is 5.21. The van der Waals surface area contributed by atoms with Crippen molar-refractivity contribution in [3.8, 4) is 0 Å². The van der Waals surface area contributed by atoms with E-state index in [0.29, 0.717) is 29.0 Å². The number of benzene rings is 1. The molecule has 1 atom stereocenters. The maximum atomic E-state index is 12.8. The standard InChI is InChI=1S/C22H33ClN2O2.CH4/c1-24-14-18(26)8-6-16-7-9-20(23)19(12-16)21(27)25-15-22-10-2-4-17(13-22)5-3-11-22;/h7,9,12,17-18,24,26H,2-6,8,10-11,13-15H2,1H3,(H,25,27);1H4/t17?,18-,22?;/m0./s1. The van der Waals surface area contributed by atoms with Crippen molar-refractivity contribution in [2.45, 2.75) is 71.3 Å². The van der Waals surface area contributed by atoms with Crippen LogP contribution in [0.1, 0.15) is 74.7 Å². The second-order valence-electron chi connectivity index (χ2n) is 8.60. The van der Waals surface area contributed by atoms with Crippen LogP contribution < -0.4 is 10.6 Å². The highest BCUT2D eigenvalue weighted by Crippen LogP contribution is 2.48. The van der Waals surface area contributed by atoms with Crippen molar-refractivity contribution in [2.24, 2.45) is 11.3 Å². The molecule has 2 saturated carbocycles. The zero-order chi connectivity index (χ0) is 19.3. The summed E-state index contributed by atoms with van der Waals surface area (Å²) in [5.41, 5.74) is 1.89. The van der Waals surface area contributed by atoms with Gasteiger partial charge in [-0.2, -0.15) is 0 Å². The third-order valence-corrected chi connectivity index (χ3v) is 6.80. The lowest BCUT2D eigenvalue weighted by atomic mass is 9.62. The summed E-state index contributed by atoms with van der Waals surface area (Å²) in [6.07, 6.45) is 10.1. The van der Waals surface area contributed by atoms with Crippen molar-refractivity contribution in [1.29, 1.82) is 0 Å². The number of aliphatic hydroxyl groups excluding tert-OH is 1. The summed E-state index contributed by atoms with van der Waals surface area (Å²) >= 11 is 6.31. The Labute approximate surface area is 175 Å². The third kappa shape index (κ3) is 5.95. The van der Waals surface area contributed by atoms with Gasteiger partial charge in [-0.05, 0) is 68.2 Å². The molecular formula is C23H37ClN2O2. The molecule has 0 aliphatic heterocycles. The van der Waals surface area contributed by atoms with Crippen molar-refractivity contribution in [3.63, 3.8) is 0 Å². The second kappa shape index (κ2) is 10.6. The van der Waals surface area contributed by atoms with Gasteiger partial charge in [-0.1, -0.05) is 50.8 Å². The molecule has 0 spiro atoms. The van der Waals surface area contributed by atoms with Crippen molar-refractivity contribution < 1.29 is 9.90 Å². The maximum absolute atomic E-state index is 12.8. The third-order valence-electron chi connectivity index (χ3n) is 6.47. The molecule has 0 unspecified atom stereocenters. The molecule has 2 bridgehead atoms. The molecule has 1 aromatic carbocycles. The van der Waals surface area contributed by atoms with Crippen LogP contribution in [0.3, 0.4) is 0 Å². The Balaban J connectivity index is 0.00000280. The molecule has 1 amide bonds. The van der Waals surface area contributed by atoms with E-state index in [4.69, 9.17) is 11.6 Å². The number of halogens is 1. The summed E-state index contributed by atoms with van der Waals surface area (Å²) < 4.78 is 0. The Kier molecular flexibility index (Phi) is 8.79. The number of aryl methyl sites for hydroxylation is 1. The summed E-state index contributed by atoms with van der Waals surface area (Å²) in [5, 5.41) is 16.5. The summed E-state index contributed by atoms with van der Waals surface area (Å²) in [6, 6.07) is 5.62. The van der Waals surface area contributed by atoms with E-state index in [1.54, 1.807) is 6.07 Å². The van der Waals surface area contributed by atoms with Crippen LogP contribution in [0.2, 0.25) is 5.02 Å². The van der Waals surface area contributed by atoms with Gasteiger partial charge in [-0.15, -0.1) is 0 Å². The molecule has 1 aromatic rings. The highest BCUT2D eigenvalue weighted by molar-refractivity contribution is 6.33. The van der Waals surface area contributed by atoms with E-state index in [9.17, 15) is 9.90 Å². The Morgan fingerprint density at radius 2 is 2.04 bits per heavy atom. The smallest absolute Gasteiger partial charge is 0.252 e. The van der Waals surface area contributed by atoms with Crippen LogP contribution in [-0.4, -0.2) is 37.3 Å². The first kappa shape index (κ1) is 23.2. The van der Waals surface area contributed by atoms with Crippen LogP contribution in [0.5, 0.6) is 0 Å². The van der Waals surface area contributed by atoms with Gasteiger partial charge in [-0.3, -0.25) is 4.79 Å². The zero-order valence-corrected chi connectivity index (χ0v) is 17.2. The van der Waals surface area contributed by atoms with E-state index >= 15 is 0 Å². The van der Waals surface area contributed by atoms with Crippen molar-refractivity contribution in [1.82, 2.24) is 10.6 Å². The highest BCUT2D eigenvalue weighted by Gasteiger charge is 2.39. The quantitative estimate of drug-likeness (QED) is 0.590. The van der Waals surface area contributed by atoms with E-state index in [-0.39, 0.29) is 19.4 Å². The van der Waals surface area contributed by atoms with Gasteiger partial charge in [0.25, 0.3) is 5.91 Å². The van der Waals surface area contributed by atoms with Crippen LogP contribution >= 0.6 is 11.6 Å². The Morgan fingerprint density at radius 3 is 2.71 bits per heavy atom. The molecule has 0 heterocycles. The molecule has 4 nitrogen and oxygen atoms in total. The summed E-state index contributed by atoms with van der Waals surface area (Å²) in [4.78, 5) is 12.8. The van der Waals surface area contributed by atoms with Crippen molar-refractivity contribution >= 4 is 17.5 Å². The Morgan fingerprint density at radius 1 is 1.32 bits per heavy atom. The number of likely N-dealkylation sites (N-methyl/N-ethyl adjacent to an activating group) is 1. The molecule has 158 valence electrons. The number of carbonyl (C=O) groups is 1. The van der Waals surface area contributed by atoms with Crippen LogP contribution in [-0.2, 0) is 6.42 Å². The number of carbonyl (C=O) groups excluding carboxylic acids is 1. The van der Waals surface area contributed by atoms with Crippen LogP contribution in [0, 0.1) is 11.3 Å². The van der Waals surface area contributed by atoms with Crippen LogP contribution in [0.25, 0.3) is 0 Å². The lowest BCUT2D eigenvalue weighted by Gasteiger charge is -2.45. The monoisotopic (exact) mass is 408 g/mol. The fourth-order valence-electron chi connectivity index (χ4n) is 5.01. The molecule has 5 heteroatoms. The van der Waals surface area contributed by atoms with E-state index in [2.05, 4.69) is 10.6 Å². The van der Waals surface area contributed by atoms with Gasteiger partial charge in [0.15, 0.2) is 0 Å². The molecule has 0 radical (unpaired) electrons. The van der Waals surface area contributed by atoms with Gasteiger partial charge in [0, 0.05) is 13.1 Å². The van der Waals surface area contributed by atoms with E-state index < -0.39 is 0 Å². The predicted octanol–water partition coefficient (Wildman–Crippen LogP) is 4.58. The summed E-state index contributed by atoms with van der Waals surface area (Å²) in [6.45, 7) is 1.34. The largest absolute Gasteiger partial charge is 0.392 e.